The Morgan fingerprint density at radius 2 is 1.70 bits per heavy atom. The molecule has 0 aliphatic rings. The fourth-order valence-corrected chi connectivity index (χ4v) is 0.696. The summed E-state index contributed by atoms with van der Waals surface area (Å²) in [5.74, 6) is -0.108. The van der Waals surface area contributed by atoms with Crippen molar-refractivity contribution in [3.8, 4) is 0 Å². The number of methoxy groups -OCH3 is 2. The number of ketones is 1. The molecule has 0 N–H and O–H groups in total. The number of rotatable bonds is 4. The van der Waals surface area contributed by atoms with Crippen molar-refractivity contribution in [2.45, 2.75) is 20.1 Å². The zero-order valence-corrected chi connectivity index (χ0v) is 6.88. The molecule has 0 unspecified atom stereocenters. The highest BCUT2D eigenvalue weighted by Crippen LogP contribution is 2.07. The molecular weight excluding hydrogens is 132 g/mol. The molecular formula is C7H14O3. The van der Waals surface area contributed by atoms with E-state index in [0.29, 0.717) is 0 Å². The Morgan fingerprint density at radius 3 is 1.80 bits per heavy atom. The predicted molar refractivity (Wildman–Crippen MR) is 37.7 cm³/mol. The van der Waals surface area contributed by atoms with Crippen LogP contribution in [0, 0.1) is 5.92 Å². The topological polar surface area (TPSA) is 35.5 Å². The Bertz CT molecular complexity index is 107. The van der Waals surface area contributed by atoms with Gasteiger partial charge in [0.2, 0.25) is 0 Å². The molecule has 0 bridgehead atoms. The third kappa shape index (κ3) is 2.45. The fourth-order valence-electron chi connectivity index (χ4n) is 0.696. The molecule has 0 radical (unpaired) electrons. The second kappa shape index (κ2) is 4.41. The molecule has 0 aromatic carbocycles. The van der Waals surface area contributed by atoms with Crippen molar-refractivity contribution < 1.29 is 14.3 Å². The molecule has 0 fully saturated rings. The van der Waals surface area contributed by atoms with E-state index in [9.17, 15) is 4.79 Å². The maximum absolute atomic E-state index is 10.7. The Hall–Kier alpha value is -0.410. The summed E-state index contributed by atoms with van der Waals surface area (Å²) in [6.07, 6.45) is -0.405. The maximum Gasteiger partial charge on any atom is 0.166 e. The highest BCUT2D eigenvalue weighted by molar-refractivity contribution is 5.78. The molecule has 0 amide bonds. The lowest BCUT2D eigenvalue weighted by Gasteiger charge is -2.17. The van der Waals surface area contributed by atoms with Gasteiger partial charge in [-0.25, -0.2) is 0 Å². The standard InChI is InChI=1S/C7H14O3/c1-5(6(2)8)7(9-3)10-4/h5,7H,1-4H3/t5-/m1/s1. The van der Waals surface area contributed by atoms with Crippen LogP contribution >= 0.6 is 0 Å². The number of ether oxygens (including phenoxy) is 2. The van der Waals surface area contributed by atoms with Crippen molar-refractivity contribution in [2.24, 2.45) is 5.92 Å². The van der Waals surface area contributed by atoms with Gasteiger partial charge in [0, 0.05) is 14.2 Å². The van der Waals surface area contributed by atoms with Crippen molar-refractivity contribution in [1.82, 2.24) is 0 Å². The molecule has 3 heteroatoms. The second-order valence-electron chi connectivity index (χ2n) is 2.24. The predicted octanol–water partition coefficient (Wildman–Crippen LogP) is 0.830. The molecule has 0 rings (SSSR count). The van der Waals surface area contributed by atoms with Gasteiger partial charge in [-0.2, -0.15) is 0 Å². The summed E-state index contributed by atoms with van der Waals surface area (Å²) in [4.78, 5) is 10.7. The monoisotopic (exact) mass is 146 g/mol. The minimum absolute atomic E-state index is 0.0775. The van der Waals surface area contributed by atoms with Gasteiger partial charge in [-0.05, 0) is 6.92 Å². The van der Waals surface area contributed by atoms with Crippen molar-refractivity contribution in [3.05, 3.63) is 0 Å². The van der Waals surface area contributed by atoms with Crippen LogP contribution in [-0.4, -0.2) is 26.3 Å². The van der Waals surface area contributed by atoms with E-state index < -0.39 is 6.29 Å². The molecule has 0 aromatic rings. The fraction of sp³-hybridized carbons (Fsp3) is 0.857. The first-order valence-electron chi connectivity index (χ1n) is 3.19. The van der Waals surface area contributed by atoms with Gasteiger partial charge >= 0.3 is 0 Å². The number of hydrogen-bond donors (Lipinski definition) is 0. The highest BCUT2D eigenvalue weighted by atomic mass is 16.7. The first-order chi connectivity index (χ1) is 4.63. The van der Waals surface area contributed by atoms with E-state index in [2.05, 4.69) is 0 Å². The highest BCUT2D eigenvalue weighted by Gasteiger charge is 2.19. The van der Waals surface area contributed by atoms with E-state index in [4.69, 9.17) is 9.47 Å². The van der Waals surface area contributed by atoms with Gasteiger partial charge < -0.3 is 9.47 Å². The number of Topliss-reactive ketones (excluding diaryl/α,β-unsaturated/α-hetero) is 1. The lowest BCUT2D eigenvalue weighted by Crippen LogP contribution is -2.27. The van der Waals surface area contributed by atoms with Gasteiger partial charge in [0.1, 0.15) is 5.78 Å². The van der Waals surface area contributed by atoms with Gasteiger partial charge in [0.15, 0.2) is 6.29 Å². The molecule has 1 atom stereocenters. The smallest absolute Gasteiger partial charge is 0.166 e. The molecule has 3 nitrogen and oxygen atoms in total. The quantitative estimate of drug-likeness (QED) is 0.551. The Kier molecular flexibility index (Phi) is 4.23. The number of carbonyl (C=O) groups is 1. The van der Waals surface area contributed by atoms with Crippen LogP contribution in [0.15, 0.2) is 0 Å². The summed E-state index contributed by atoms with van der Waals surface area (Å²) in [5, 5.41) is 0. The van der Waals surface area contributed by atoms with Gasteiger partial charge in [0.05, 0.1) is 5.92 Å². The van der Waals surface area contributed by atoms with Gasteiger partial charge in [-0.1, -0.05) is 6.92 Å². The molecule has 0 aliphatic carbocycles. The number of carbonyl (C=O) groups excluding carboxylic acids is 1. The molecule has 0 saturated heterocycles. The van der Waals surface area contributed by atoms with Crippen LogP contribution in [0.5, 0.6) is 0 Å². The van der Waals surface area contributed by atoms with E-state index in [1.807, 2.05) is 0 Å². The zero-order valence-electron chi connectivity index (χ0n) is 6.88. The minimum Gasteiger partial charge on any atom is -0.355 e. The maximum atomic E-state index is 10.7. The van der Waals surface area contributed by atoms with Crippen molar-refractivity contribution in [1.29, 1.82) is 0 Å². The van der Waals surface area contributed by atoms with Crippen LogP contribution in [0.25, 0.3) is 0 Å². The van der Waals surface area contributed by atoms with Crippen LogP contribution in [0.3, 0.4) is 0 Å². The van der Waals surface area contributed by atoms with E-state index in [1.165, 1.54) is 21.1 Å². The van der Waals surface area contributed by atoms with Crippen LogP contribution in [0.1, 0.15) is 13.8 Å². The third-order valence-electron chi connectivity index (χ3n) is 1.51. The molecule has 0 aromatic heterocycles. The molecule has 10 heavy (non-hydrogen) atoms. The molecule has 0 spiro atoms. The lowest BCUT2D eigenvalue weighted by atomic mass is 10.1. The van der Waals surface area contributed by atoms with E-state index in [-0.39, 0.29) is 11.7 Å². The Balaban J connectivity index is 3.88. The Morgan fingerprint density at radius 1 is 1.30 bits per heavy atom. The molecule has 60 valence electrons. The van der Waals surface area contributed by atoms with Crippen molar-refractivity contribution in [2.75, 3.05) is 14.2 Å². The summed E-state index contributed by atoms with van der Waals surface area (Å²) in [6, 6.07) is 0. The van der Waals surface area contributed by atoms with E-state index in [0.717, 1.165) is 0 Å². The van der Waals surface area contributed by atoms with Crippen molar-refractivity contribution in [3.63, 3.8) is 0 Å². The minimum atomic E-state index is -0.405. The average Bonchev–Trinajstić information content (AvgIpc) is 1.90. The van der Waals surface area contributed by atoms with Crippen LogP contribution in [-0.2, 0) is 14.3 Å². The SMILES string of the molecule is COC(OC)[C@H](C)C(C)=O. The van der Waals surface area contributed by atoms with Gasteiger partial charge in [-0.3, -0.25) is 4.79 Å². The van der Waals surface area contributed by atoms with Crippen LogP contribution < -0.4 is 0 Å². The molecule has 0 heterocycles. The summed E-state index contributed by atoms with van der Waals surface area (Å²) >= 11 is 0. The lowest BCUT2D eigenvalue weighted by molar-refractivity contribution is -0.152. The first-order valence-corrected chi connectivity index (χ1v) is 3.19. The third-order valence-corrected chi connectivity index (χ3v) is 1.51. The van der Waals surface area contributed by atoms with Crippen LogP contribution in [0.4, 0.5) is 0 Å². The van der Waals surface area contributed by atoms with Gasteiger partial charge in [0.25, 0.3) is 0 Å². The normalized spacial score (nSPS) is 13.7. The largest absolute Gasteiger partial charge is 0.355 e. The first kappa shape index (κ1) is 9.59. The molecule has 0 saturated carbocycles. The number of hydrogen-bond acceptors (Lipinski definition) is 3. The van der Waals surface area contributed by atoms with E-state index in [1.54, 1.807) is 6.92 Å². The zero-order chi connectivity index (χ0) is 8.15. The Labute approximate surface area is 61.3 Å². The van der Waals surface area contributed by atoms with Crippen molar-refractivity contribution >= 4 is 5.78 Å². The summed E-state index contributed by atoms with van der Waals surface area (Å²) < 4.78 is 9.76. The summed E-state index contributed by atoms with van der Waals surface area (Å²) in [5.41, 5.74) is 0. The second-order valence-corrected chi connectivity index (χ2v) is 2.24. The van der Waals surface area contributed by atoms with Gasteiger partial charge in [-0.15, -0.1) is 0 Å². The summed E-state index contributed by atoms with van der Waals surface area (Å²) in [7, 11) is 3.04. The average molecular weight is 146 g/mol. The van der Waals surface area contributed by atoms with Crippen LogP contribution in [0.2, 0.25) is 0 Å². The van der Waals surface area contributed by atoms with E-state index >= 15 is 0 Å². The summed E-state index contributed by atoms with van der Waals surface area (Å²) in [6.45, 7) is 3.30. The molecule has 0 aliphatic heterocycles.